The summed E-state index contributed by atoms with van der Waals surface area (Å²) in [4.78, 5) is 2.35. The van der Waals surface area contributed by atoms with E-state index in [2.05, 4.69) is 77.7 Å². The molecule has 0 aromatic heterocycles. The highest BCUT2D eigenvalue weighted by atomic mass is 35.5. The van der Waals surface area contributed by atoms with Crippen LogP contribution < -0.4 is 9.64 Å². The normalized spacial score (nSPS) is 17.3. The van der Waals surface area contributed by atoms with Crippen molar-refractivity contribution >= 4 is 39.7 Å². The van der Waals surface area contributed by atoms with E-state index in [9.17, 15) is 0 Å². The van der Waals surface area contributed by atoms with Crippen LogP contribution in [0.4, 0.5) is 5.69 Å². The summed E-state index contributed by atoms with van der Waals surface area (Å²) in [5.41, 5.74) is 4.40. The Morgan fingerprint density at radius 3 is 1.91 bits per heavy atom. The van der Waals surface area contributed by atoms with Crippen LogP contribution in [-0.4, -0.2) is 0 Å². The standard InChI is InChI=1S/C30H21Cl2NO/c31-23-15-10-21(11-16-23)29-28-26-9-5-4-6-20(26)14-19-27(28)34-30(22-12-17-24(32)18-13-22)33(29)25-7-2-1-3-8-25/h1-19,29-30H/t29-,30-/m1/s1. The summed E-state index contributed by atoms with van der Waals surface area (Å²) in [5.74, 6) is 0.880. The van der Waals surface area contributed by atoms with E-state index in [-0.39, 0.29) is 12.3 Å². The summed E-state index contributed by atoms with van der Waals surface area (Å²) in [6, 6.07) is 39.0. The number of benzene rings is 5. The highest BCUT2D eigenvalue weighted by Crippen LogP contribution is 2.50. The first kappa shape index (κ1) is 21.1. The average molecular weight is 482 g/mol. The number of nitrogens with zero attached hydrogens (tertiary/aromatic N) is 1. The third-order valence-electron chi connectivity index (χ3n) is 6.37. The number of halogens is 2. The third kappa shape index (κ3) is 3.69. The van der Waals surface area contributed by atoms with Gasteiger partial charge >= 0.3 is 0 Å². The van der Waals surface area contributed by atoms with Crippen molar-refractivity contribution in [2.45, 2.75) is 12.3 Å². The molecule has 0 radical (unpaired) electrons. The van der Waals surface area contributed by atoms with Gasteiger partial charge < -0.3 is 9.64 Å². The Bertz CT molecular complexity index is 1450. The molecule has 0 N–H and O–H groups in total. The number of hydrogen-bond donors (Lipinski definition) is 0. The molecule has 0 amide bonds. The molecule has 5 aromatic carbocycles. The Hall–Kier alpha value is -3.46. The summed E-state index contributed by atoms with van der Waals surface area (Å²) < 4.78 is 6.77. The summed E-state index contributed by atoms with van der Waals surface area (Å²) in [7, 11) is 0. The highest BCUT2D eigenvalue weighted by Gasteiger charge is 2.39. The molecule has 6 rings (SSSR count). The Kier molecular flexibility index (Phi) is 5.41. The molecule has 0 saturated carbocycles. The van der Waals surface area contributed by atoms with Crippen molar-refractivity contribution in [2.75, 3.05) is 4.90 Å². The van der Waals surface area contributed by atoms with Crippen LogP contribution in [0, 0.1) is 0 Å². The molecule has 2 nitrogen and oxygen atoms in total. The van der Waals surface area contributed by atoms with Crippen LogP contribution >= 0.6 is 23.2 Å². The van der Waals surface area contributed by atoms with Gasteiger partial charge in [-0.05, 0) is 58.8 Å². The molecule has 1 aliphatic rings. The Balaban J connectivity index is 1.66. The summed E-state index contributed by atoms with van der Waals surface area (Å²) in [6.45, 7) is 0. The van der Waals surface area contributed by atoms with Crippen molar-refractivity contribution in [3.63, 3.8) is 0 Å². The Morgan fingerprint density at radius 2 is 1.21 bits per heavy atom. The minimum atomic E-state index is -0.339. The molecule has 0 saturated heterocycles. The molecule has 166 valence electrons. The molecular formula is C30H21Cl2NO. The summed E-state index contributed by atoms with van der Waals surface area (Å²) in [5, 5.41) is 3.78. The molecule has 34 heavy (non-hydrogen) atoms. The number of fused-ring (bicyclic) bond motifs is 3. The first-order valence-electron chi connectivity index (χ1n) is 11.2. The van der Waals surface area contributed by atoms with Gasteiger partial charge in [0.25, 0.3) is 0 Å². The minimum absolute atomic E-state index is 0.0878. The highest BCUT2D eigenvalue weighted by molar-refractivity contribution is 6.30. The van der Waals surface area contributed by atoms with Gasteiger partial charge in [-0.1, -0.05) is 96.0 Å². The molecule has 1 aliphatic heterocycles. The molecule has 2 atom stereocenters. The first-order chi connectivity index (χ1) is 16.7. The number of para-hydroxylation sites is 1. The maximum atomic E-state index is 6.77. The smallest absolute Gasteiger partial charge is 0.199 e. The van der Waals surface area contributed by atoms with Crippen LogP contribution in [0.25, 0.3) is 10.8 Å². The zero-order valence-electron chi connectivity index (χ0n) is 18.2. The third-order valence-corrected chi connectivity index (χ3v) is 6.87. The number of rotatable bonds is 3. The second-order valence-corrected chi connectivity index (χ2v) is 9.29. The largest absolute Gasteiger partial charge is 0.466 e. The van der Waals surface area contributed by atoms with E-state index < -0.39 is 0 Å². The predicted octanol–water partition coefficient (Wildman–Crippen LogP) is 8.83. The van der Waals surface area contributed by atoms with E-state index in [1.807, 2.05) is 42.5 Å². The van der Waals surface area contributed by atoms with Crippen LogP contribution in [0.3, 0.4) is 0 Å². The average Bonchev–Trinajstić information content (AvgIpc) is 2.89. The fourth-order valence-corrected chi connectivity index (χ4v) is 5.08. The summed E-state index contributed by atoms with van der Waals surface area (Å²) >= 11 is 12.5. The first-order valence-corrected chi connectivity index (χ1v) is 12.0. The quantitative estimate of drug-likeness (QED) is 0.255. The van der Waals surface area contributed by atoms with Gasteiger partial charge in [-0.2, -0.15) is 0 Å². The zero-order chi connectivity index (χ0) is 23.1. The molecule has 0 fully saturated rings. The van der Waals surface area contributed by atoms with Crippen molar-refractivity contribution < 1.29 is 4.74 Å². The molecular weight excluding hydrogens is 461 g/mol. The lowest BCUT2D eigenvalue weighted by Crippen LogP contribution is -2.40. The van der Waals surface area contributed by atoms with E-state index in [1.165, 1.54) is 10.8 Å². The van der Waals surface area contributed by atoms with Gasteiger partial charge in [-0.15, -0.1) is 0 Å². The van der Waals surface area contributed by atoms with Crippen molar-refractivity contribution in [3.05, 3.63) is 142 Å². The van der Waals surface area contributed by atoms with E-state index in [4.69, 9.17) is 27.9 Å². The van der Waals surface area contributed by atoms with Gasteiger partial charge in [0.05, 0.1) is 6.04 Å². The number of anilines is 1. The van der Waals surface area contributed by atoms with Crippen molar-refractivity contribution in [2.24, 2.45) is 0 Å². The Labute approximate surface area is 208 Å². The topological polar surface area (TPSA) is 12.5 Å². The molecule has 0 bridgehead atoms. The Morgan fingerprint density at radius 1 is 0.588 bits per heavy atom. The summed E-state index contributed by atoms with van der Waals surface area (Å²) in [6.07, 6.45) is -0.339. The van der Waals surface area contributed by atoms with Gasteiger partial charge in [0.1, 0.15) is 5.75 Å². The van der Waals surface area contributed by atoms with Crippen LogP contribution in [-0.2, 0) is 0 Å². The molecule has 0 aliphatic carbocycles. The van der Waals surface area contributed by atoms with Crippen molar-refractivity contribution in [1.29, 1.82) is 0 Å². The van der Waals surface area contributed by atoms with E-state index in [1.54, 1.807) is 0 Å². The second kappa shape index (κ2) is 8.72. The number of ether oxygens (including phenoxy) is 1. The lowest BCUT2D eigenvalue weighted by Gasteiger charge is -2.45. The molecule has 0 spiro atoms. The second-order valence-electron chi connectivity index (χ2n) is 8.42. The van der Waals surface area contributed by atoms with Crippen LogP contribution in [0.5, 0.6) is 5.75 Å². The van der Waals surface area contributed by atoms with Crippen LogP contribution in [0.2, 0.25) is 10.0 Å². The van der Waals surface area contributed by atoms with Crippen molar-refractivity contribution in [3.8, 4) is 5.75 Å². The fourth-order valence-electron chi connectivity index (χ4n) is 4.82. The van der Waals surface area contributed by atoms with Gasteiger partial charge in [0, 0.05) is 26.9 Å². The van der Waals surface area contributed by atoms with Gasteiger partial charge in [-0.3, -0.25) is 0 Å². The maximum absolute atomic E-state index is 6.77. The number of hydrogen-bond acceptors (Lipinski definition) is 2. The molecule has 5 aromatic rings. The maximum Gasteiger partial charge on any atom is 0.199 e. The van der Waals surface area contributed by atoms with Crippen LogP contribution in [0.15, 0.2) is 115 Å². The monoisotopic (exact) mass is 481 g/mol. The minimum Gasteiger partial charge on any atom is -0.466 e. The van der Waals surface area contributed by atoms with Gasteiger partial charge in [0.2, 0.25) is 0 Å². The molecule has 1 heterocycles. The van der Waals surface area contributed by atoms with E-state index >= 15 is 0 Å². The zero-order valence-corrected chi connectivity index (χ0v) is 19.7. The van der Waals surface area contributed by atoms with Crippen LogP contribution in [0.1, 0.15) is 29.0 Å². The predicted molar refractivity (Wildman–Crippen MR) is 141 cm³/mol. The van der Waals surface area contributed by atoms with Crippen molar-refractivity contribution in [1.82, 2.24) is 0 Å². The van der Waals surface area contributed by atoms with E-state index in [0.717, 1.165) is 33.1 Å². The SMILES string of the molecule is Clc1ccc([C@@H]2c3c(ccc4ccccc34)O[C@H](c3ccc(Cl)cc3)N2c2ccccc2)cc1. The fraction of sp³-hybridized carbons (Fsp3) is 0.0667. The van der Waals surface area contributed by atoms with Gasteiger partial charge in [-0.25, -0.2) is 0 Å². The lowest BCUT2D eigenvalue weighted by molar-refractivity contribution is 0.170. The molecule has 0 unspecified atom stereocenters. The van der Waals surface area contributed by atoms with E-state index in [0.29, 0.717) is 5.02 Å². The lowest BCUT2D eigenvalue weighted by atomic mass is 9.89. The molecule has 4 heteroatoms. The van der Waals surface area contributed by atoms with Gasteiger partial charge in [0.15, 0.2) is 6.23 Å².